The van der Waals surface area contributed by atoms with Crippen LogP contribution in [0.5, 0.6) is 0 Å². The van der Waals surface area contributed by atoms with Gasteiger partial charge in [0.25, 0.3) is 0 Å². The van der Waals surface area contributed by atoms with Crippen molar-refractivity contribution in [3.63, 3.8) is 0 Å². The van der Waals surface area contributed by atoms with Gasteiger partial charge in [0.05, 0.1) is 0 Å². The van der Waals surface area contributed by atoms with Gasteiger partial charge >= 0.3 is 0 Å². The van der Waals surface area contributed by atoms with E-state index in [1.807, 2.05) is 0 Å². The van der Waals surface area contributed by atoms with Crippen molar-refractivity contribution in [3.05, 3.63) is 0 Å². The highest BCUT2D eigenvalue weighted by Gasteiger charge is 2.53. The van der Waals surface area contributed by atoms with E-state index in [-0.39, 0.29) is 5.91 Å². The Bertz CT molecular complexity index is 212. The summed E-state index contributed by atoms with van der Waals surface area (Å²) in [6.07, 6.45) is 1.27. The molecule has 2 aliphatic heterocycles. The number of rotatable bonds is 1. The van der Waals surface area contributed by atoms with E-state index in [0.717, 1.165) is 24.3 Å². The molecule has 2 heterocycles. The number of amides is 1. The molecule has 2 saturated heterocycles. The first-order valence-corrected chi connectivity index (χ1v) is 4.88. The topological polar surface area (TPSA) is 20.3 Å². The van der Waals surface area contributed by atoms with E-state index < -0.39 is 0 Å². The molecule has 12 heavy (non-hydrogen) atoms. The molecule has 1 saturated carbocycles. The summed E-state index contributed by atoms with van der Waals surface area (Å²) in [4.78, 5) is 13.2. The fourth-order valence-electron chi connectivity index (χ4n) is 3.01. The summed E-state index contributed by atoms with van der Waals surface area (Å²) >= 11 is 0. The second-order valence-corrected chi connectivity index (χ2v) is 4.56. The quantitative estimate of drug-likeness (QED) is 0.579. The summed E-state index contributed by atoms with van der Waals surface area (Å²) < 4.78 is 0. The van der Waals surface area contributed by atoms with Gasteiger partial charge in [0.1, 0.15) is 0 Å². The van der Waals surface area contributed by atoms with Crippen molar-refractivity contribution in [2.45, 2.75) is 33.2 Å². The molecule has 0 aromatic carbocycles. The average molecular weight is 167 g/mol. The third-order valence-corrected chi connectivity index (χ3v) is 3.54. The van der Waals surface area contributed by atoms with E-state index >= 15 is 0 Å². The predicted molar refractivity (Wildman–Crippen MR) is 47.6 cm³/mol. The van der Waals surface area contributed by atoms with Crippen molar-refractivity contribution >= 4 is 5.91 Å². The van der Waals surface area contributed by atoms with E-state index in [1.165, 1.54) is 6.42 Å². The Kier molecular flexibility index (Phi) is 1.67. The Labute approximate surface area is 73.9 Å². The van der Waals surface area contributed by atoms with Crippen LogP contribution in [0.4, 0.5) is 0 Å². The fourth-order valence-corrected chi connectivity index (χ4v) is 3.01. The molecule has 3 fully saturated rings. The Morgan fingerprint density at radius 2 is 2.17 bits per heavy atom. The van der Waals surface area contributed by atoms with Gasteiger partial charge in [0.2, 0.25) is 5.91 Å². The molecule has 68 valence electrons. The highest BCUT2D eigenvalue weighted by molar-refractivity contribution is 5.74. The average Bonchev–Trinajstić information content (AvgIpc) is 2.37. The minimum Gasteiger partial charge on any atom is -0.339 e. The van der Waals surface area contributed by atoms with Gasteiger partial charge in [-0.1, -0.05) is 13.8 Å². The fraction of sp³-hybridized carbons (Fsp3) is 0.900. The summed E-state index contributed by atoms with van der Waals surface area (Å²) in [5, 5.41) is 0. The molecule has 3 unspecified atom stereocenters. The van der Waals surface area contributed by atoms with E-state index in [1.54, 1.807) is 6.92 Å². The summed E-state index contributed by atoms with van der Waals surface area (Å²) in [6.45, 7) is 7.27. The first kappa shape index (κ1) is 8.09. The van der Waals surface area contributed by atoms with E-state index in [9.17, 15) is 4.79 Å². The Balaban J connectivity index is 2.07. The van der Waals surface area contributed by atoms with Crippen LogP contribution in [0.25, 0.3) is 0 Å². The predicted octanol–water partition coefficient (Wildman–Crippen LogP) is 1.51. The zero-order valence-corrected chi connectivity index (χ0v) is 8.08. The molecule has 2 bridgehead atoms. The molecule has 1 amide bonds. The van der Waals surface area contributed by atoms with Crippen molar-refractivity contribution in [1.29, 1.82) is 0 Å². The maximum absolute atomic E-state index is 11.2. The number of hydrogen-bond acceptors (Lipinski definition) is 1. The Morgan fingerprint density at radius 3 is 2.50 bits per heavy atom. The number of nitrogens with zero attached hydrogens (tertiary/aromatic N) is 1. The van der Waals surface area contributed by atoms with Crippen LogP contribution in [0.3, 0.4) is 0 Å². The highest BCUT2D eigenvalue weighted by atomic mass is 16.2. The number of hydrogen-bond donors (Lipinski definition) is 0. The summed E-state index contributed by atoms with van der Waals surface area (Å²) in [5.41, 5.74) is 0. The van der Waals surface area contributed by atoms with Gasteiger partial charge in [-0.2, -0.15) is 0 Å². The first-order chi connectivity index (χ1) is 5.61. The largest absolute Gasteiger partial charge is 0.339 e. The maximum Gasteiger partial charge on any atom is 0.219 e. The molecule has 0 aromatic heterocycles. The second kappa shape index (κ2) is 2.48. The van der Waals surface area contributed by atoms with Crippen molar-refractivity contribution < 1.29 is 4.79 Å². The molecule has 0 radical (unpaired) electrons. The van der Waals surface area contributed by atoms with Crippen LogP contribution in [0, 0.1) is 17.8 Å². The molecule has 0 aromatic rings. The minimum atomic E-state index is 0.269. The lowest BCUT2D eigenvalue weighted by Crippen LogP contribution is -2.42. The standard InChI is InChI=1S/C10H17NO/c1-6(2)10-8-4-9(10)11(5-8)7(3)12/h6,8-10H,4-5H2,1-3H3. The molecule has 2 nitrogen and oxygen atoms in total. The monoisotopic (exact) mass is 167 g/mol. The molecule has 2 heteroatoms. The van der Waals surface area contributed by atoms with E-state index in [2.05, 4.69) is 18.7 Å². The summed E-state index contributed by atoms with van der Waals surface area (Å²) in [7, 11) is 0. The van der Waals surface area contributed by atoms with E-state index in [4.69, 9.17) is 0 Å². The second-order valence-electron chi connectivity index (χ2n) is 4.56. The molecule has 3 aliphatic rings. The Hall–Kier alpha value is -0.530. The highest BCUT2D eigenvalue weighted by Crippen LogP contribution is 2.49. The van der Waals surface area contributed by atoms with Crippen molar-refractivity contribution in [1.82, 2.24) is 4.90 Å². The third-order valence-electron chi connectivity index (χ3n) is 3.54. The van der Waals surface area contributed by atoms with Crippen LogP contribution in [0.1, 0.15) is 27.2 Å². The first-order valence-electron chi connectivity index (χ1n) is 4.88. The lowest BCUT2D eigenvalue weighted by molar-refractivity contribution is -0.129. The lowest BCUT2D eigenvalue weighted by atomic mass is 9.68. The van der Waals surface area contributed by atoms with Crippen LogP contribution >= 0.6 is 0 Å². The molecular weight excluding hydrogens is 150 g/mol. The molecule has 1 aliphatic carbocycles. The third kappa shape index (κ3) is 0.900. The lowest BCUT2D eigenvalue weighted by Gasteiger charge is -2.39. The van der Waals surface area contributed by atoms with Crippen molar-refractivity contribution in [2.75, 3.05) is 6.54 Å². The van der Waals surface area contributed by atoms with Crippen molar-refractivity contribution in [2.24, 2.45) is 17.8 Å². The number of fused-ring (bicyclic) bond motifs is 1. The maximum atomic E-state index is 11.2. The number of carbonyl (C=O) groups excluding carboxylic acids is 1. The van der Waals surface area contributed by atoms with Crippen LogP contribution in [0.15, 0.2) is 0 Å². The van der Waals surface area contributed by atoms with Gasteiger partial charge in [-0.25, -0.2) is 0 Å². The molecule has 3 rings (SSSR count). The molecule has 0 N–H and O–H groups in total. The van der Waals surface area contributed by atoms with Crippen LogP contribution in [-0.2, 0) is 4.79 Å². The Morgan fingerprint density at radius 1 is 1.50 bits per heavy atom. The van der Waals surface area contributed by atoms with Crippen molar-refractivity contribution in [3.8, 4) is 0 Å². The molecular formula is C10H17NO. The minimum absolute atomic E-state index is 0.269. The van der Waals surface area contributed by atoms with Crippen LogP contribution in [0.2, 0.25) is 0 Å². The molecule has 3 atom stereocenters. The SMILES string of the molecule is CC(=O)N1CC2CC1C2C(C)C. The smallest absolute Gasteiger partial charge is 0.219 e. The van der Waals surface area contributed by atoms with Gasteiger partial charge in [-0.15, -0.1) is 0 Å². The number of carbonyl (C=O) groups is 1. The van der Waals surface area contributed by atoms with E-state index in [0.29, 0.717) is 6.04 Å². The zero-order valence-electron chi connectivity index (χ0n) is 8.08. The molecule has 0 spiro atoms. The van der Waals surface area contributed by atoms with Gasteiger partial charge in [-0.3, -0.25) is 4.79 Å². The van der Waals surface area contributed by atoms with Crippen LogP contribution < -0.4 is 0 Å². The van der Waals surface area contributed by atoms with Gasteiger partial charge < -0.3 is 4.90 Å². The normalized spacial score (nSPS) is 38.7. The van der Waals surface area contributed by atoms with Gasteiger partial charge in [0, 0.05) is 19.5 Å². The summed E-state index contributed by atoms with van der Waals surface area (Å²) in [5.74, 6) is 2.64. The summed E-state index contributed by atoms with van der Waals surface area (Å²) in [6, 6.07) is 0.590. The zero-order chi connectivity index (χ0) is 8.88. The van der Waals surface area contributed by atoms with Gasteiger partial charge in [0.15, 0.2) is 0 Å². The van der Waals surface area contributed by atoms with Gasteiger partial charge in [-0.05, 0) is 24.2 Å². The van der Waals surface area contributed by atoms with Crippen LogP contribution in [-0.4, -0.2) is 23.4 Å².